The Morgan fingerprint density at radius 1 is 1.45 bits per heavy atom. The summed E-state index contributed by atoms with van der Waals surface area (Å²) in [4.78, 5) is 12.8. The van der Waals surface area contributed by atoms with Crippen molar-refractivity contribution in [1.29, 1.82) is 0 Å². The zero-order chi connectivity index (χ0) is 14.7. The summed E-state index contributed by atoms with van der Waals surface area (Å²) >= 11 is 2.03. The Kier molecular flexibility index (Phi) is 5.20. The molecule has 0 heterocycles. The third kappa shape index (κ3) is 3.22. The molecule has 110 valence electrons. The van der Waals surface area contributed by atoms with Crippen molar-refractivity contribution in [3.8, 4) is 0 Å². The van der Waals surface area contributed by atoms with E-state index in [4.69, 9.17) is 5.73 Å². The molecule has 0 radical (unpaired) electrons. The Morgan fingerprint density at radius 3 is 2.75 bits per heavy atom. The molecule has 0 saturated heterocycles. The van der Waals surface area contributed by atoms with Crippen molar-refractivity contribution in [2.75, 3.05) is 18.5 Å². The van der Waals surface area contributed by atoms with Crippen molar-refractivity contribution in [3.05, 3.63) is 31.9 Å². The first-order valence-corrected chi connectivity index (χ1v) is 7.99. The third-order valence-corrected chi connectivity index (χ3v) is 5.07. The van der Waals surface area contributed by atoms with Crippen LogP contribution in [0.5, 0.6) is 0 Å². The molecule has 2 N–H and O–H groups in total. The number of benzene rings is 1. The van der Waals surface area contributed by atoms with Crippen molar-refractivity contribution in [2.24, 2.45) is 11.7 Å². The lowest BCUT2D eigenvalue weighted by atomic mass is 9.83. The molecular formula is C14H20IN3O2. The van der Waals surface area contributed by atoms with Gasteiger partial charge in [-0.05, 0) is 60.0 Å². The molecule has 6 heteroatoms. The standard InChI is InChI=1S/C14H20IN3O2/c1-17(13-5-3-2-4-10(13)9-16)11-6-7-14(18(19)20)12(15)8-11/h6-8,10,13H,2-5,9,16H2,1H3. The van der Waals surface area contributed by atoms with Gasteiger partial charge in [0, 0.05) is 24.8 Å². The number of halogens is 1. The number of nitrogens with zero attached hydrogens (tertiary/aromatic N) is 2. The van der Waals surface area contributed by atoms with Gasteiger partial charge in [-0.2, -0.15) is 0 Å². The molecule has 2 atom stereocenters. The molecule has 1 aromatic carbocycles. The van der Waals surface area contributed by atoms with Crippen LogP contribution in [-0.2, 0) is 0 Å². The number of nitrogens with two attached hydrogens (primary N) is 1. The van der Waals surface area contributed by atoms with Gasteiger partial charge in [0.15, 0.2) is 0 Å². The van der Waals surface area contributed by atoms with Gasteiger partial charge in [-0.25, -0.2) is 0 Å². The van der Waals surface area contributed by atoms with Crippen molar-refractivity contribution in [1.82, 2.24) is 0 Å². The fourth-order valence-corrected chi connectivity index (χ4v) is 3.72. The van der Waals surface area contributed by atoms with E-state index in [0.29, 0.717) is 22.1 Å². The van der Waals surface area contributed by atoms with Gasteiger partial charge >= 0.3 is 0 Å². The Hall–Kier alpha value is -0.890. The number of hydrogen-bond acceptors (Lipinski definition) is 4. The maximum absolute atomic E-state index is 10.9. The van der Waals surface area contributed by atoms with Gasteiger partial charge in [-0.1, -0.05) is 12.8 Å². The van der Waals surface area contributed by atoms with Crippen LogP contribution >= 0.6 is 22.6 Å². The SMILES string of the molecule is CN(c1ccc([N+](=O)[O-])c(I)c1)C1CCCCC1CN. The molecule has 2 unspecified atom stereocenters. The minimum absolute atomic E-state index is 0.168. The van der Waals surface area contributed by atoms with Gasteiger partial charge in [0.05, 0.1) is 8.49 Å². The van der Waals surface area contributed by atoms with Crippen LogP contribution in [0.4, 0.5) is 11.4 Å². The molecule has 1 saturated carbocycles. The first kappa shape index (κ1) is 15.5. The first-order chi connectivity index (χ1) is 9.54. The quantitative estimate of drug-likeness (QED) is 0.488. The summed E-state index contributed by atoms with van der Waals surface area (Å²) in [6, 6.07) is 5.75. The summed E-state index contributed by atoms with van der Waals surface area (Å²) < 4.78 is 0.678. The summed E-state index contributed by atoms with van der Waals surface area (Å²) in [7, 11) is 2.07. The van der Waals surface area contributed by atoms with Crippen molar-refractivity contribution in [3.63, 3.8) is 0 Å². The number of anilines is 1. The van der Waals surface area contributed by atoms with E-state index in [-0.39, 0.29) is 10.6 Å². The molecule has 1 aliphatic rings. The van der Waals surface area contributed by atoms with Crippen molar-refractivity contribution < 1.29 is 4.92 Å². The minimum Gasteiger partial charge on any atom is -0.371 e. The Balaban J connectivity index is 2.21. The maximum atomic E-state index is 10.9. The molecule has 0 bridgehead atoms. The Labute approximate surface area is 132 Å². The van der Waals surface area contributed by atoms with Crippen LogP contribution in [0.3, 0.4) is 0 Å². The highest BCUT2D eigenvalue weighted by Gasteiger charge is 2.28. The predicted molar refractivity (Wildman–Crippen MR) is 89.0 cm³/mol. The van der Waals surface area contributed by atoms with Gasteiger partial charge in [-0.15, -0.1) is 0 Å². The highest BCUT2D eigenvalue weighted by Crippen LogP contribution is 2.32. The Morgan fingerprint density at radius 2 is 2.15 bits per heavy atom. The summed E-state index contributed by atoms with van der Waals surface area (Å²) in [5, 5.41) is 10.9. The molecule has 1 aromatic rings. The highest BCUT2D eigenvalue weighted by molar-refractivity contribution is 14.1. The third-order valence-electron chi connectivity index (χ3n) is 4.20. The van der Waals surface area contributed by atoms with Crippen LogP contribution in [-0.4, -0.2) is 24.6 Å². The minimum atomic E-state index is -0.338. The van der Waals surface area contributed by atoms with Gasteiger partial charge < -0.3 is 10.6 Å². The van der Waals surface area contributed by atoms with Crippen LogP contribution in [0.1, 0.15) is 25.7 Å². The van der Waals surface area contributed by atoms with Gasteiger partial charge in [-0.3, -0.25) is 10.1 Å². The van der Waals surface area contributed by atoms with Crippen LogP contribution in [0, 0.1) is 19.6 Å². The van der Waals surface area contributed by atoms with Crippen molar-refractivity contribution in [2.45, 2.75) is 31.7 Å². The van der Waals surface area contributed by atoms with Gasteiger partial charge in [0.25, 0.3) is 5.69 Å². The second kappa shape index (κ2) is 6.71. The topological polar surface area (TPSA) is 72.4 Å². The molecular weight excluding hydrogens is 369 g/mol. The zero-order valence-electron chi connectivity index (χ0n) is 11.6. The lowest BCUT2D eigenvalue weighted by Crippen LogP contribution is -2.43. The molecule has 0 aromatic heterocycles. The second-order valence-electron chi connectivity index (χ2n) is 5.35. The molecule has 0 aliphatic heterocycles. The molecule has 2 rings (SSSR count). The molecule has 20 heavy (non-hydrogen) atoms. The van der Waals surface area contributed by atoms with Crippen LogP contribution in [0.25, 0.3) is 0 Å². The summed E-state index contributed by atoms with van der Waals surface area (Å²) in [5.74, 6) is 0.515. The molecule has 1 fully saturated rings. The molecule has 0 amide bonds. The average molecular weight is 389 g/mol. The maximum Gasteiger partial charge on any atom is 0.282 e. The lowest BCUT2D eigenvalue weighted by Gasteiger charge is -2.38. The van der Waals surface area contributed by atoms with E-state index in [1.54, 1.807) is 6.07 Å². The Bertz CT molecular complexity index is 495. The predicted octanol–water partition coefficient (Wildman–Crippen LogP) is 3.15. The molecule has 5 nitrogen and oxygen atoms in total. The van der Waals surface area contributed by atoms with Gasteiger partial charge in [0.1, 0.15) is 0 Å². The summed E-state index contributed by atoms with van der Waals surface area (Å²) in [5.41, 5.74) is 7.09. The number of hydrogen-bond donors (Lipinski definition) is 1. The number of nitro benzene ring substituents is 1. The van der Waals surface area contributed by atoms with Crippen LogP contribution in [0.2, 0.25) is 0 Å². The zero-order valence-corrected chi connectivity index (χ0v) is 13.7. The van der Waals surface area contributed by atoms with E-state index in [1.807, 2.05) is 34.7 Å². The van der Waals surface area contributed by atoms with Crippen LogP contribution in [0.15, 0.2) is 18.2 Å². The van der Waals surface area contributed by atoms with E-state index in [0.717, 1.165) is 12.1 Å². The normalized spacial score (nSPS) is 22.6. The second-order valence-corrected chi connectivity index (χ2v) is 6.51. The van der Waals surface area contributed by atoms with E-state index >= 15 is 0 Å². The van der Waals surface area contributed by atoms with Crippen LogP contribution < -0.4 is 10.6 Å². The summed E-state index contributed by atoms with van der Waals surface area (Å²) in [6.07, 6.45) is 4.81. The summed E-state index contributed by atoms with van der Waals surface area (Å²) in [6.45, 7) is 0.707. The largest absolute Gasteiger partial charge is 0.371 e. The number of nitro groups is 1. The van der Waals surface area contributed by atoms with E-state index < -0.39 is 0 Å². The van der Waals surface area contributed by atoms with E-state index in [1.165, 1.54) is 19.3 Å². The molecule has 1 aliphatic carbocycles. The fourth-order valence-electron chi connectivity index (χ4n) is 3.03. The smallest absolute Gasteiger partial charge is 0.282 e. The van der Waals surface area contributed by atoms with E-state index in [9.17, 15) is 10.1 Å². The van der Waals surface area contributed by atoms with Gasteiger partial charge in [0.2, 0.25) is 0 Å². The average Bonchev–Trinajstić information content (AvgIpc) is 2.45. The molecule has 0 spiro atoms. The monoisotopic (exact) mass is 389 g/mol. The highest BCUT2D eigenvalue weighted by atomic mass is 127. The number of rotatable bonds is 4. The fraction of sp³-hybridized carbons (Fsp3) is 0.571. The van der Waals surface area contributed by atoms with Crippen molar-refractivity contribution >= 4 is 34.0 Å². The lowest BCUT2D eigenvalue weighted by molar-refractivity contribution is -0.385. The van der Waals surface area contributed by atoms with E-state index in [2.05, 4.69) is 11.9 Å². The first-order valence-electron chi connectivity index (χ1n) is 6.91.